The van der Waals surface area contributed by atoms with Gasteiger partial charge in [-0.3, -0.25) is 0 Å². The molecule has 0 unspecified atom stereocenters. The molecule has 1 aromatic carbocycles. The van der Waals surface area contributed by atoms with Crippen molar-refractivity contribution < 1.29 is 17.9 Å². The van der Waals surface area contributed by atoms with Crippen molar-refractivity contribution in [3.8, 4) is 5.75 Å². The molecule has 1 heterocycles. The maximum absolute atomic E-state index is 12.1. The van der Waals surface area contributed by atoms with E-state index in [1.54, 1.807) is 18.2 Å². The first-order chi connectivity index (χ1) is 8.41. The fraction of sp³-hybridized carbons (Fsp3) is 0.500. The van der Waals surface area contributed by atoms with Crippen LogP contribution in [0.15, 0.2) is 23.1 Å². The second kappa shape index (κ2) is 4.87. The van der Waals surface area contributed by atoms with Crippen LogP contribution in [0.1, 0.15) is 5.56 Å². The molecule has 0 saturated carbocycles. The van der Waals surface area contributed by atoms with Gasteiger partial charge in [-0.1, -0.05) is 6.07 Å². The summed E-state index contributed by atoms with van der Waals surface area (Å²) in [6.07, 6.45) is 0.0976. The Labute approximate surface area is 107 Å². The maximum Gasteiger partial charge on any atom is 0.246 e. The second-order valence-electron chi connectivity index (χ2n) is 4.50. The van der Waals surface area contributed by atoms with Crippen molar-refractivity contribution in [1.29, 1.82) is 0 Å². The Balaban J connectivity index is 2.32. The number of ether oxygens (including phenoxy) is 2. The van der Waals surface area contributed by atoms with Crippen molar-refractivity contribution in [3.63, 3.8) is 0 Å². The van der Waals surface area contributed by atoms with E-state index in [1.165, 1.54) is 18.4 Å². The molecule has 0 aromatic heterocycles. The van der Waals surface area contributed by atoms with Gasteiger partial charge in [0.2, 0.25) is 10.0 Å². The largest absolute Gasteiger partial charge is 0.489 e. The Bertz CT molecular complexity index is 535. The zero-order valence-corrected chi connectivity index (χ0v) is 11.5. The van der Waals surface area contributed by atoms with E-state index in [9.17, 15) is 8.42 Å². The van der Waals surface area contributed by atoms with Gasteiger partial charge in [0, 0.05) is 14.1 Å². The maximum atomic E-state index is 12.1. The SMILES string of the molecule is Cc1ccc(S(=O)(=O)N(C)C)c(OC[C@@H]2CO2)c1. The predicted molar refractivity (Wildman–Crippen MR) is 67.3 cm³/mol. The normalized spacial score (nSPS) is 19.0. The summed E-state index contributed by atoms with van der Waals surface area (Å²) in [5, 5.41) is 0. The minimum absolute atomic E-state index is 0.0976. The number of aryl methyl sites for hydroxylation is 1. The van der Waals surface area contributed by atoms with E-state index in [4.69, 9.17) is 9.47 Å². The molecule has 5 nitrogen and oxygen atoms in total. The number of epoxide rings is 1. The van der Waals surface area contributed by atoms with Gasteiger partial charge in [0.15, 0.2) is 0 Å². The predicted octanol–water partition coefficient (Wildman–Crippen LogP) is 1.02. The molecule has 100 valence electrons. The van der Waals surface area contributed by atoms with Crippen LogP contribution in [0.25, 0.3) is 0 Å². The molecule has 1 aliphatic heterocycles. The van der Waals surface area contributed by atoms with Gasteiger partial charge in [-0.25, -0.2) is 12.7 Å². The molecule has 18 heavy (non-hydrogen) atoms. The lowest BCUT2D eigenvalue weighted by atomic mass is 10.2. The summed E-state index contributed by atoms with van der Waals surface area (Å²) in [6, 6.07) is 5.07. The van der Waals surface area contributed by atoms with E-state index in [0.717, 1.165) is 5.56 Å². The van der Waals surface area contributed by atoms with Crippen molar-refractivity contribution in [2.75, 3.05) is 27.3 Å². The highest BCUT2D eigenvalue weighted by atomic mass is 32.2. The van der Waals surface area contributed by atoms with Crippen molar-refractivity contribution in [2.45, 2.75) is 17.9 Å². The zero-order valence-electron chi connectivity index (χ0n) is 10.7. The summed E-state index contributed by atoms with van der Waals surface area (Å²) in [5.74, 6) is 0.388. The molecule has 1 aliphatic rings. The zero-order chi connectivity index (χ0) is 13.3. The first-order valence-electron chi connectivity index (χ1n) is 5.69. The number of sulfonamides is 1. The molecular weight excluding hydrogens is 254 g/mol. The number of hydrogen-bond acceptors (Lipinski definition) is 4. The van der Waals surface area contributed by atoms with Crippen molar-refractivity contribution in [2.24, 2.45) is 0 Å². The lowest BCUT2D eigenvalue weighted by Crippen LogP contribution is -2.23. The number of rotatable bonds is 5. The average molecular weight is 271 g/mol. The Morgan fingerprint density at radius 2 is 2.11 bits per heavy atom. The van der Waals surface area contributed by atoms with E-state index in [2.05, 4.69) is 0 Å². The lowest BCUT2D eigenvalue weighted by Gasteiger charge is -2.15. The third-order valence-electron chi connectivity index (χ3n) is 2.68. The van der Waals surface area contributed by atoms with Crippen LogP contribution in [-0.4, -0.2) is 46.1 Å². The topological polar surface area (TPSA) is 59.1 Å². The van der Waals surface area contributed by atoms with E-state index >= 15 is 0 Å². The second-order valence-corrected chi connectivity index (χ2v) is 6.62. The van der Waals surface area contributed by atoms with Crippen LogP contribution in [0.4, 0.5) is 0 Å². The molecule has 2 rings (SSSR count). The smallest absolute Gasteiger partial charge is 0.246 e. The first-order valence-corrected chi connectivity index (χ1v) is 7.13. The van der Waals surface area contributed by atoms with Gasteiger partial charge in [0.25, 0.3) is 0 Å². The summed E-state index contributed by atoms with van der Waals surface area (Å²) < 4.78 is 36.1. The molecule has 6 heteroatoms. The summed E-state index contributed by atoms with van der Waals surface area (Å²) in [5.41, 5.74) is 0.958. The van der Waals surface area contributed by atoms with Crippen molar-refractivity contribution >= 4 is 10.0 Å². The molecule has 1 aromatic rings. The van der Waals surface area contributed by atoms with Gasteiger partial charge in [0.1, 0.15) is 23.4 Å². The Morgan fingerprint density at radius 3 is 2.67 bits per heavy atom. The van der Waals surface area contributed by atoms with Crippen LogP contribution in [-0.2, 0) is 14.8 Å². The summed E-state index contributed by atoms with van der Waals surface area (Å²) in [4.78, 5) is 0.193. The summed E-state index contributed by atoms with van der Waals surface area (Å²) in [7, 11) is -0.478. The summed E-state index contributed by atoms with van der Waals surface area (Å²) >= 11 is 0. The molecule has 0 aliphatic carbocycles. The van der Waals surface area contributed by atoms with E-state index < -0.39 is 10.0 Å². The molecule has 0 N–H and O–H groups in total. The standard InChI is InChI=1S/C12H17NO4S/c1-9-4-5-12(18(14,15)13(2)3)11(6-9)17-8-10-7-16-10/h4-6,10H,7-8H2,1-3H3/t10-/m0/s1. The molecule has 0 amide bonds. The highest BCUT2D eigenvalue weighted by molar-refractivity contribution is 7.89. The van der Waals surface area contributed by atoms with Gasteiger partial charge < -0.3 is 9.47 Å². The lowest BCUT2D eigenvalue weighted by molar-refractivity contribution is 0.257. The minimum atomic E-state index is -3.48. The van der Waals surface area contributed by atoms with Gasteiger partial charge in [-0.15, -0.1) is 0 Å². The number of nitrogens with zero attached hydrogens (tertiary/aromatic N) is 1. The highest BCUT2D eigenvalue weighted by Crippen LogP contribution is 2.27. The quantitative estimate of drug-likeness (QED) is 0.750. The van der Waals surface area contributed by atoms with Crippen LogP contribution in [0.5, 0.6) is 5.75 Å². The molecule has 1 atom stereocenters. The van der Waals surface area contributed by atoms with Crippen LogP contribution >= 0.6 is 0 Å². The number of hydrogen-bond donors (Lipinski definition) is 0. The third-order valence-corrected chi connectivity index (χ3v) is 4.54. The summed E-state index contributed by atoms with van der Waals surface area (Å²) in [6.45, 7) is 2.97. The van der Waals surface area contributed by atoms with Crippen molar-refractivity contribution in [3.05, 3.63) is 23.8 Å². The third kappa shape index (κ3) is 2.82. The fourth-order valence-corrected chi connectivity index (χ4v) is 2.49. The molecule has 1 saturated heterocycles. The average Bonchev–Trinajstić information content (AvgIpc) is 3.09. The highest BCUT2D eigenvalue weighted by Gasteiger charge is 2.26. The minimum Gasteiger partial charge on any atom is -0.489 e. The van der Waals surface area contributed by atoms with Gasteiger partial charge >= 0.3 is 0 Å². The Kier molecular flexibility index (Phi) is 3.61. The van der Waals surface area contributed by atoms with E-state index in [1.807, 2.05) is 6.92 Å². The van der Waals surface area contributed by atoms with E-state index in [-0.39, 0.29) is 11.0 Å². The molecular formula is C12H17NO4S. The van der Waals surface area contributed by atoms with Crippen LogP contribution in [0.3, 0.4) is 0 Å². The van der Waals surface area contributed by atoms with Crippen LogP contribution < -0.4 is 4.74 Å². The Morgan fingerprint density at radius 1 is 1.44 bits per heavy atom. The molecule has 0 radical (unpaired) electrons. The van der Waals surface area contributed by atoms with Crippen LogP contribution in [0, 0.1) is 6.92 Å². The molecule has 1 fully saturated rings. The van der Waals surface area contributed by atoms with Gasteiger partial charge in [-0.05, 0) is 24.6 Å². The molecule has 0 bridgehead atoms. The van der Waals surface area contributed by atoms with Gasteiger partial charge in [0.05, 0.1) is 6.61 Å². The number of benzene rings is 1. The fourth-order valence-electron chi connectivity index (χ4n) is 1.48. The first kappa shape index (κ1) is 13.3. The monoisotopic (exact) mass is 271 g/mol. The Hall–Kier alpha value is -1.11. The van der Waals surface area contributed by atoms with Crippen LogP contribution in [0.2, 0.25) is 0 Å². The van der Waals surface area contributed by atoms with Crippen molar-refractivity contribution in [1.82, 2.24) is 4.31 Å². The van der Waals surface area contributed by atoms with E-state index in [0.29, 0.717) is 19.0 Å². The van der Waals surface area contributed by atoms with Gasteiger partial charge in [-0.2, -0.15) is 0 Å². The molecule has 0 spiro atoms.